The third-order valence-electron chi connectivity index (χ3n) is 25.6. The molecule has 0 atom stereocenters. The van der Waals surface area contributed by atoms with Gasteiger partial charge in [-0.05, 0) is 256 Å². The minimum absolute atomic E-state index is 0.170. The number of aromatic amines is 6. The highest BCUT2D eigenvalue weighted by Gasteiger charge is 2.14. The lowest BCUT2D eigenvalue weighted by Gasteiger charge is -2.04. The molecule has 0 fully saturated rings. The van der Waals surface area contributed by atoms with Crippen LogP contribution in [-0.2, 0) is 59.0 Å². The van der Waals surface area contributed by atoms with Gasteiger partial charge in [-0.2, -0.15) is 0 Å². The summed E-state index contributed by atoms with van der Waals surface area (Å²) in [5.74, 6) is 2.86. The normalized spacial score (nSPS) is 10.8. The monoisotopic (exact) mass is 1880 g/mol. The number of thiophene rings is 2. The number of unbranched alkanes of at least 4 members (excludes halogenated alkanes) is 1. The lowest BCUT2D eigenvalue weighted by atomic mass is 10.00. The minimum Gasteiger partial charge on any atom is -0.361 e. The van der Waals surface area contributed by atoms with Gasteiger partial charge in [0.2, 0.25) is 0 Å². The van der Waals surface area contributed by atoms with Gasteiger partial charge >= 0.3 is 0 Å². The van der Waals surface area contributed by atoms with E-state index in [-0.39, 0.29) is 5.82 Å². The number of fused-ring (bicyclic) bond motifs is 10. The summed E-state index contributed by atoms with van der Waals surface area (Å²) in [6, 6.07) is 103. The van der Waals surface area contributed by atoms with Crippen LogP contribution >= 0.6 is 22.7 Å². The molecule has 0 radical (unpaired) electrons. The van der Waals surface area contributed by atoms with Gasteiger partial charge in [0.05, 0.1) is 0 Å². The lowest BCUT2D eigenvalue weighted by molar-refractivity contribution is 0.629. The molecule has 722 valence electrons. The summed E-state index contributed by atoms with van der Waals surface area (Å²) in [5, 5.41) is 18.0. The maximum atomic E-state index is 12.8. The van der Waals surface area contributed by atoms with Crippen LogP contribution in [0.5, 0.6) is 0 Å². The number of aryl methyl sites for hydroxylation is 11. The summed E-state index contributed by atoms with van der Waals surface area (Å²) in [6.45, 7) is 41.9. The largest absolute Gasteiger partial charge is 0.361 e. The molecule has 22 aromatic rings. The number of benzene rings is 12. The Labute approximate surface area is 836 Å². The molecule has 0 aliphatic carbocycles. The van der Waals surface area contributed by atoms with Gasteiger partial charge in [0.15, 0.2) is 0 Å². The summed E-state index contributed by atoms with van der Waals surface area (Å²) in [5.41, 5.74) is 29.5. The van der Waals surface area contributed by atoms with Crippen LogP contribution in [0, 0.1) is 19.7 Å². The molecule has 0 aliphatic heterocycles. The van der Waals surface area contributed by atoms with Gasteiger partial charge in [-0.25, -0.2) is 4.39 Å². The molecule has 139 heavy (non-hydrogen) atoms. The molecule has 0 bridgehead atoms. The smallest absolute Gasteiger partial charge is 0.123 e. The second-order valence-electron chi connectivity index (χ2n) is 37.2. The topological polar surface area (TPSA) is 105 Å². The second-order valence-corrected chi connectivity index (χ2v) is 39.1. The summed E-state index contributed by atoms with van der Waals surface area (Å²) in [6.07, 6.45) is 24.4. The number of rotatable bonds is 15. The number of hydrogen-bond donors (Lipinski definition) is 6. The third kappa shape index (κ3) is 29.2. The van der Waals surface area contributed by atoms with Crippen LogP contribution in [0.4, 0.5) is 4.39 Å². The molecule has 0 saturated heterocycles. The molecule has 8 nitrogen and oxygen atoms in total. The van der Waals surface area contributed by atoms with Crippen LogP contribution in [0.15, 0.2) is 345 Å². The van der Waals surface area contributed by atoms with E-state index in [9.17, 15) is 4.39 Å². The van der Waals surface area contributed by atoms with Crippen molar-refractivity contribution in [3.63, 3.8) is 0 Å². The summed E-state index contributed by atoms with van der Waals surface area (Å²) < 4.78 is 20.0. The highest BCUT2D eigenvalue weighted by molar-refractivity contribution is 7.17. The van der Waals surface area contributed by atoms with Gasteiger partial charge in [0.25, 0.3) is 0 Å². The van der Waals surface area contributed by atoms with Crippen molar-refractivity contribution in [2.75, 3.05) is 0 Å². The molecule has 0 saturated carbocycles. The molecule has 12 aromatic carbocycles. The van der Waals surface area contributed by atoms with Gasteiger partial charge in [0.1, 0.15) is 5.82 Å². The molecule has 0 spiro atoms. The van der Waals surface area contributed by atoms with Gasteiger partial charge < -0.3 is 39.0 Å². The average Bonchev–Trinajstić information content (AvgIpc) is 1.65. The third-order valence-corrected chi connectivity index (χ3v) is 27.6. The number of H-pyrrole nitrogens is 6. The quantitative estimate of drug-likeness (QED) is 0.0589. The van der Waals surface area contributed by atoms with Crippen LogP contribution in [0.1, 0.15) is 245 Å². The Morgan fingerprint density at radius 1 is 0.288 bits per heavy atom. The van der Waals surface area contributed by atoms with Crippen molar-refractivity contribution >= 4 is 130 Å². The van der Waals surface area contributed by atoms with Crippen molar-refractivity contribution in [2.45, 2.75) is 225 Å². The Balaban J connectivity index is 0.000000145. The average molecular weight is 1880 g/mol. The Morgan fingerprint density at radius 3 is 1.19 bits per heavy atom. The number of halogens is 1. The van der Waals surface area contributed by atoms with Gasteiger partial charge in [-0.1, -0.05) is 355 Å². The minimum atomic E-state index is -0.170. The zero-order valence-corrected chi connectivity index (χ0v) is 88.1. The van der Waals surface area contributed by atoms with E-state index in [1.807, 2.05) is 28.9 Å². The summed E-state index contributed by atoms with van der Waals surface area (Å²) in [4.78, 5) is 19.7. The SMILES string of the molecule is CC(C)c1c[nH]c2ccccc12.CC(C)c1c[nH]c2ccccc12.CC(C)c1cn(C)c2ccccc12.CC(C)c1csc2ccccc12.CCCCc1ccccc1.CCCc1ccccc1.CCc1c(C)[nH]c2ccccc12.CCc1c[nH]c2ccc(F)cc12.CCc1c[nH]c2ccccc12.CCc1cn(C)c2ccccc12.CCc1csc2ccccc12.Cc1[nH]c2ccccc2c1C(C)C. The lowest BCUT2D eigenvalue weighted by Crippen LogP contribution is -1.87. The van der Waals surface area contributed by atoms with E-state index < -0.39 is 0 Å². The van der Waals surface area contributed by atoms with Gasteiger partial charge in [-0.15, -0.1) is 22.7 Å². The first-order valence-electron chi connectivity index (χ1n) is 50.5. The Kier molecular flexibility index (Phi) is 41.5. The van der Waals surface area contributed by atoms with Crippen molar-refractivity contribution in [1.29, 1.82) is 0 Å². The molecule has 6 N–H and O–H groups in total. The molecule has 0 aliphatic rings. The van der Waals surface area contributed by atoms with Crippen molar-refractivity contribution in [3.05, 3.63) is 429 Å². The highest BCUT2D eigenvalue weighted by Crippen LogP contribution is 2.34. The molecule has 22 rings (SSSR count). The van der Waals surface area contributed by atoms with E-state index in [0.717, 1.165) is 43.0 Å². The van der Waals surface area contributed by atoms with E-state index in [1.165, 1.54) is 213 Å². The number of para-hydroxylation sites is 7. The van der Waals surface area contributed by atoms with Crippen molar-refractivity contribution < 1.29 is 4.39 Å². The fourth-order valence-corrected chi connectivity index (χ4v) is 20.3. The highest BCUT2D eigenvalue weighted by atomic mass is 32.1. The summed E-state index contributed by atoms with van der Waals surface area (Å²) in [7, 11) is 4.20. The van der Waals surface area contributed by atoms with E-state index in [2.05, 4.69) is 505 Å². The summed E-state index contributed by atoms with van der Waals surface area (Å²) >= 11 is 3.68. The molecular formula is C128H151FN8S2. The number of nitrogens with one attached hydrogen (secondary N) is 6. The van der Waals surface area contributed by atoms with Crippen molar-refractivity contribution in [1.82, 2.24) is 39.0 Å². The van der Waals surface area contributed by atoms with Crippen LogP contribution in [0.3, 0.4) is 0 Å². The zero-order chi connectivity index (χ0) is 99.3. The first-order chi connectivity index (χ1) is 67.4. The fourth-order valence-electron chi connectivity index (χ4n) is 18.1. The number of nitrogens with zero attached hydrogens (tertiary/aromatic N) is 2. The van der Waals surface area contributed by atoms with Gasteiger partial charge in [-0.3, -0.25) is 0 Å². The molecular weight excluding hydrogens is 1730 g/mol. The Morgan fingerprint density at radius 2 is 0.676 bits per heavy atom. The maximum absolute atomic E-state index is 12.8. The molecule has 10 aromatic heterocycles. The first-order valence-corrected chi connectivity index (χ1v) is 52.3. The van der Waals surface area contributed by atoms with E-state index in [0.29, 0.717) is 29.6 Å². The number of hydrogen-bond acceptors (Lipinski definition) is 2. The molecule has 10 heterocycles. The van der Waals surface area contributed by atoms with Crippen LogP contribution in [-0.4, -0.2) is 39.0 Å². The zero-order valence-electron chi connectivity index (χ0n) is 86.5. The predicted octanol–water partition coefficient (Wildman–Crippen LogP) is 38.0. The molecule has 0 amide bonds. The predicted molar refractivity (Wildman–Crippen MR) is 612 cm³/mol. The maximum Gasteiger partial charge on any atom is 0.123 e. The van der Waals surface area contributed by atoms with E-state index in [4.69, 9.17) is 0 Å². The van der Waals surface area contributed by atoms with E-state index >= 15 is 0 Å². The standard InChI is InChI=1S/2C12H15N.4C11H13N.C11H12S.C10H10FN.C10H11N.C10H10S.C10H14.C9H12/c1-9(2)11-8-13(3)12-7-5-4-6-10(11)12;1-8(2)12-9(3)13-11-7-5-4-6-10(11)12;2*1-8(2)10-7-12-11-6-4-3-5-9(10)11;1-3-9-8-12(2)11-7-5-4-6-10(9)11;1-3-9-8(2)12-11-7-5-4-6-10(9)11;1-8(2)10-7-12-11-6-4-3-5-9(10)11;1-2-7-6-12-10-4-3-8(11)5-9(7)10;2*1-2-8-7-11-10-6-4-3-5-9(8)10;1-2-3-7-10-8-5-4-6-9-10;1-2-6-9-7-4-3-5-8-9/h4-9H,1-3H3;4-8,13H,1-3H3;2*3-8,12H,1-2H3;4-8H,3H2,1-2H3;4-7,12H,3H2,1-2H3;3-8H,1-2H3;3-6,12H,2H2,1H3;3-7,11H,2H2,1H3;3-7H,2H2,1H3;4-6,8-9H,2-3,7H2,1H3;3-5,7-8H,2,6H2,1H3. The van der Waals surface area contributed by atoms with Crippen LogP contribution in [0.2, 0.25) is 0 Å². The molecule has 11 heteroatoms. The fraction of sp³-hybridized carbons (Fsp3) is 0.281. The van der Waals surface area contributed by atoms with Crippen molar-refractivity contribution in [3.8, 4) is 0 Å². The number of aromatic nitrogens is 8. The van der Waals surface area contributed by atoms with Gasteiger partial charge in [0, 0.05) is 159 Å². The van der Waals surface area contributed by atoms with Crippen molar-refractivity contribution in [2.24, 2.45) is 14.1 Å². The second kappa shape index (κ2) is 54.2. The Hall–Kier alpha value is -13.2. The first kappa shape index (κ1) is 106. The van der Waals surface area contributed by atoms with Crippen LogP contribution in [0.25, 0.3) is 107 Å². The van der Waals surface area contributed by atoms with E-state index in [1.54, 1.807) is 12.1 Å². The molecule has 0 unspecified atom stereocenters. The Bertz CT molecular complexity index is 7090. The van der Waals surface area contributed by atoms with Crippen LogP contribution < -0.4 is 0 Å².